The summed E-state index contributed by atoms with van der Waals surface area (Å²) in [7, 11) is 0. The van der Waals surface area contributed by atoms with Gasteiger partial charge in [-0.2, -0.15) is 0 Å². The monoisotopic (exact) mass is 402 g/mol. The maximum Gasteiger partial charge on any atom is 0.337 e. The zero-order valence-electron chi connectivity index (χ0n) is 17.4. The highest BCUT2D eigenvalue weighted by molar-refractivity contribution is 5.85. The maximum absolute atomic E-state index is 14.8. The number of aryl methyl sites for hydroxylation is 1. The average molecular weight is 402 g/mol. The number of hydrogen-bond acceptors (Lipinski definition) is 4. The number of halogens is 1. The fourth-order valence-corrected chi connectivity index (χ4v) is 3.84. The van der Waals surface area contributed by atoms with Gasteiger partial charge in [0.25, 0.3) is 0 Å². The molecule has 1 aliphatic heterocycles. The van der Waals surface area contributed by atoms with Crippen molar-refractivity contribution in [2.45, 2.75) is 59.2 Å². The third-order valence-corrected chi connectivity index (χ3v) is 5.10. The molecule has 6 heteroatoms. The molecule has 2 aromatic carbocycles. The summed E-state index contributed by atoms with van der Waals surface area (Å²) < 4.78 is 26.2. The molecule has 0 bridgehead atoms. The first-order valence-corrected chi connectivity index (χ1v) is 9.69. The van der Waals surface area contributed by atoms with Crippen LogP contribution >= 0.6 is 0 Å². The van der Waals surface area contributed by atoms with Crippen molar-refractivity contribution in [3.05, 3.63) is 46.3 Å². The first-order chi connectivity index (χ1) is 13.5. The molecule has 2 aromatic rings. The van der Waals surface area contributed by atoms with E-state index in [-0.39, 0.29) is 17.1 Å². The van der Waals surface area contributed by atoms with E-state index >= 15 is 0 Å². The minimum atomic E-state index is -1.31. The Morgan fingerprint density at radius 2 is 1.97 bits per heavy atom. The highest BCUT2D eigenvalue weighted by atomic mass is 19.1. The quantitative estimate of drug-likeness (QED) is 0.746. The Morgan fingerprint density at radius 3 is 2.59 bits per heavy atom. The van der Waals surface area contributed by atoms with Gasteiger partial charge in [0.2, 0.25) is 0 Å². The van der Waals surface area contributed by atoms with Gasteiger partial charge in [0.05, 0.1) is 12.2 Å². The van der Waals surface area contributed by atoms with Gasteiger partial charge in [-0.1, -0.05) is 6.07 Å². The van der Waals surface area contributed by atoms with E-state index in [4.69, 9.17) is 9.47 Å². The van der Waals surface area contributed by atoms with E-state index in [1.54, 1.807) is 33.8 Å². The lowest BCUT2D eigenvalue weighted by Gasteiger charge is -2.29. The predicted octanol–water partition coefficient (Wildman–Crippen LogP) is 5.08. The topological polar surface area (TPSA) is 76.0 Å². The van der Waals surface area contributed by atoms with Gasteiger partial charge in [0, 0.05) is 16.7 Å². The number of hydrogen-bond donors (Lipinski definition) is 2. The summed E-state index contributed by atoms with van der Waals surface area (Å²) in [4.78, 5) is 12.1. The lowest BCUT2D eigenvalue weighted by Crippen LogP contribution is -2.28. The molecule has 156 valence electrons. The molecular weight excluding hydrogens is 375 g/mol. The van der Waals surface area contributed by atoms with Gasteiger partial charge in [-0.3, -0.25) is 0 Å². The van der Waals surface area contributed by atoms with Gasteiger partial charge in [-0.05, 0) is 76.3 Å². The summed E-state index contributed by atoms with van der Waals surface area (Å²) in [6.45, 7) is 9.36. The van der Waals surface area contributed by atoms with Gasteiger partial charge in [0.1, 0.15) is 5.75 Å². The van der Waals surface area contributed by atoms with Crippen molar-refractivity contribution in [3.8, 4) is 22.6 Å². The molecule has 0 radical (unpaired) electrons. The molecule has 0 unspecified atom stereocenters. The molecule has 29 heavy (non-hydrogen) atoms. The van der Waals surface area contributed by atoms with Crippen LogP contribution in [0.2, 0.25) is 0 Å². The molecule has 1 heterocycles. The minimum Gasteiger partial charge on any atom is -0.507 e. The van der Waals surface area contributed by atoms with Crippen LogP contribution in [0.25, 0.3) is 11.1 Å². The van der Waals surface area contributed by atoms with Crippen LogP contribution in [0.1, 0.15) is 55.5 Å². The summed E-state index contributed by atoms with van der Waals surface area (Å²) in [6, 6.07) is 4.45. The van der Waals surface area contributed by atoms with Crippen LogP contribution in [-0.4, -0.2) is 28.4 Å². The Bertz CT molecular complexity index is 959. The predicted molar refractivity (Wildman–Crippen MR) is 108 cm³/mol. The fourth-order valence-electron chi connectivity index (χ4n) is 3.84. The van der Waals surface area contributed by atoms with Gasteiger partial charge in [0.15, 0.2) is 17.7 Å². The van der Waals surface area contributed by atoms with Crippen LogP contribution in [0.5, 0.6) is 11.5 Å². The standard InChI is InChI=1S/C23H27FO5/c1-12-8-9-17(25)19(18(12)21(22(26)27)29-23(3,4)5)15-11-16(24)20-14(13(15)2)7-6-10-28-20/h8-9,11,21,25H,6-7,10H2,1-5H3,(H,26,27)/t21-/m0/s1. The number of phenolic OH excluding ortho intramolecular Hbond substituents is 1. The van der Waals surface area contributed by atoms with E-state index in [0.29, 0.717) is 29.7 Å². The van der Waals surface area contributed by atoms with Crippen molar-refractivity contribution in [3.63, 3.8) is 0 Å². The Hall–Kier alpha value is -2.60. The number of phenols is 1. The molecule has 0 aromatic heterocycles. The second-order valence-corrected chi connectivity index (χ2v) is 8.43. The number of aromatic hydroxyl groups is 1. The Morgan fingerprint density at radius 1 is 1.28 bits per heavy atom. The zero-order chi connectivity index (χ0) is 21.5. The molecule has 0 aliphatic carbocycles. The highest BCUT2D eigenvalue weighted by Crippen LogP contribution is 2.45. The van der Waals surface area contributed by atoms with E-state index < -0.39 is 23.5 Å². The van der Waals surface area contributed by atoms with E-state index in [1.165, 1.54) is 12.1 Å². The molecule has 0 saturated heterocycles. The maximum atomic E-state index is 14.8. The Labute approximate surface area is 170 Å². The molecular formula is C23H27FO5. The summed E-state index contributed by atoms with van der Waals surface area (Å²) in [5.41, 5.74) is 2.49. The number of fused-ring (bicyclic) bond motifs is 1. The number of rotatable bonds is 4. The molecule has 0 saturated carbocycles. The van der Waals surface area contributed by atoms with Crippen molar-refractivity contribution >= 4 is 5.97 Å². The van der Waals surface area contributed by atoms with Gasteiger partial charge in [-0.25, -0.2) is 9.18 Å². The lowest BCUT2D eigenvalue weighted by molar-refractivity contribution is -0.160. The van der Waals surface area contributed by atoms with E-state index in [9.17, 15) is 19.4 Å². The van der Waals surface area contributed by atoms with Crippen molar-refractivity contribution in [2.75, 3.05) is 6.61 Å². The fraction of sp³-hybridized carbons (Fsp3) is 0.435. The second kappa shape index (κ2) is 7.67. The molecule has 1 atom stereocenters. The summed E-state index contributed by atoms with van der Waals surface area (Å²) in [5.74, 6) is -1.56. The summed E-state index contributed by atoms with van der Waals surface area (Å²) in [5, 5.41) is 20.6. The third-order valence-electron chi connectivity index (χ3n) is 5.10. The third kappa shape index (κ3) is 4.08. The number of aliphatic carboxylic acids is 1. The van der Waals surface area contributed by atoms with Crippen LogP contribution in [0.15, 0.2) is 18.2 Å². The van der Waals surface area contributed by atoms with Crippen LogP contribution in [0, 0.1) is 19.7 Å². The number of ether oxygens (including phenoxy) is 2. The molecule has 0 amide bonds. The van der Waals surface area contributed by atoms with Gasteiger partial charge >= 0.3 is 5.97 Å². The SMILES string of the molecule is Cc1ccc(O)c(-c2cc(F)c3c(c2C)CCCO3)c1[C@H](OC(C)(C)C)C(=O)O. The summed E-state index contributed by atoms with van der Waals surface area (Å²) >= 11 is 0. The van der Waals surface area contributed by atoms with Crippen LogP contribution in [0.3, 0.4) is 0 Å². The highest BCUT2D eigenvalue weighted by Gasteiger charge is 2.33. The zero-order valence-corrected chi connectivity index (χ0v) is 17.4. The van der Waals surface area contributed by atoms with Crippen molar-refractivity contribution in [1.82, 2.24) is 0 Å². The largest absolute Gasteiger partial charge is 0.507 e. The molecule has 0 spiro atoms. The Balaban J connectivity index is 2.30. The Kier molecular flexibility index (Phi) is 5.59. The van der Waals surface area contributed by atoms with Crippen molar-refractivity contribution in [2.24, 2.45) is 0 Å². The lowest BCUT2D eigenvalue weighted by atomic mass is 9.86. The molecule has 0 fully saturated rings. The van der Waals surface area contributed by atoms with E-state index in [2.05, 4.69) is 0 Å². The number of carboxylic acid groups (broad SMARTS) is 1. The van der Waals surface area contributed by atoms with E-state index in [0.717, 1.165) is 17.5 Å². The summed E-state index contributed by atoms with van der Waals surface area (Å²) in [6.07, 6.45) is 0.120. The molecule has 3 rings (SSSR count). The van der Waals surface area contributed by atoms with E-state index in [1.807, 2.05) is 6.92 Å². The van der Waals surface area contributed by atoms with Gasteiger partial charge in [-0.15, -0.1) is 0 Å². The molecule has 2 N–H and O–H groups in total. The normalized spacial score (nSPS) is 14.8. The number of carboxylic acids is 1. The molecule has 1 aliphatic rings. The van der Waals surface area contributed by atoms with Crippen LogP contribution in [0.4, 0.5) is 4.39 Å². The average Bonchev–Trinajstić information content (AvgIpc) is 2.64. The number of carbonyl (C=O) groups is 1. The minimum absolute atomic E-state index is 0.117. The van der Waals surface area contributed by atoms with Crippen LogP contribution < -0.4 is 4.74 Å². The van der Waals surface area contributed by atoms with Crippen molar-refractivity contribution < 1.29 is 28.9 Å². The van der Waals surface area contributed by atoms with Crippen molar-refractivity contribution in [1.29, 1.82) is 0 Å². The molecule has 5 nitrogen and oxygen atoms in total. The first kappa shape index (κ1) is 21.1. The smallest absolute Gasteiger partial charge is 0.337 e. The first-order valence-electron chi connectivity index (χ1n) is 9.69. The van der Waals surface area contributed by atoms with Crippen LogP contribution in [-0.2, 0) is 16.0 Å². The second-order valence-electron chi connectivity index (χ2n) is 8.43. The number of benzene rings is 2. The van der Waals surface area contributed by atoms with Gasteiger partial charge < -0.3 is 19.7 Å².